The number of rotatable bonds is 11. The summed E-state index contributed by atoms with van der Waals surface area (Å²) in [6.07, 6.45) is 8.72. The third kappa shape index (κ3) is 6.71. The van der Waals surface area contributed by atoms with Crippen LogP contribution >= 0.6 is 0 Å². The molecule has 3 atom stereocenters. The number of unbranched alkanes of at least 4 members (excludes halogenated alkanes) is 1. The molecule has 6 heteroatoms. The van der Waals surface area contributed by atoms with Gasteiger partial charge in [0.25, 0.3) is 5.91 Å². The minimum Gasteiger partial charge on any atom is -0.369 e. The lowest BCUT2D eigenvalue weighted by atomic mass is 9.81. The number of benzene rings is 2. The van der Waals surface area contributed by atoms with E-state index in [4.69, 9.17) is 5.73 Å². The molecule has 0 saturated heterocycles. The first-order valence-electron chi connectivity index (χ1n) is 14.9. The van der Waals surface area contributed by atoms with Gasteiger partial charge in [0, 0.05) is 23.9 Å². The van der Waals surface area contributed by atoms with Crippen molar-refractivity contribution in [2.45, 2.75) is 84.6 Å². The molecule has 0 radical (unpaired) electrons. The summed E-state index contributed by atoms with van der Waals surface area (Å²) in [4.78, 5) is 42.9. The quantitative estimate of drug-likeness (QED) is 0.352. The van der Waals surface area contributed by atoms with Crippen molar-refractivity contribution in [2.75, 3.05) is 11.4 Å². The summed E-state index contributed by atoms with van der Waals surface area (Å²) in [6.45, 7) is 6.81. The molecule has 0 aromatic heterocycles. The highest BCUT2D eigenvalue weighted by Crippen LogP contribution is 2.41. The molecule has 2 aliphatic rings. The Morgan fingerprint density at radius 2 is 1.64 bits per heavy atom. The maximum atomic E-state index is 14.4. The molecule has 1 aliphatic heterocycles. The van der Waals surface area contributed by atoms with Crippen LogP contribution in [0.25, 0.3) is 11.1 Å². The second-order valence-corrected chi connectivity index (χ2v) is 11.9. The molecule has 1 aliphatic carbocycles. The Bertz CT molecular complexity index is 1150. The second-order valence-electron chi connectivity index (χ2n) is 11.9. The fourth-order valence-electron chi connectivity index (χ4n) is 6.47. The van der Waals surface area contributed by atoms with Crippen molar-refractivity contribution in [3.05, 3.63) is 54.1 Å². The molecule has 2 aromatic rings. The number of hydrogen-bond donors (Lipinski definition) is 2. The summed E-state index contributed by atoms with van der Waals surface area (Å²) in [6, 6.07) is 15.1. The topological polar surface area (TPSA) is 92.5 Å². The van der Waals surface area contributed by atoms with E-state index >= 15 is 0 Å². The Kier molecular flexibility index (Phi) is 9.82. The molecule has 4 rings (SSSR count). The van der Waals surface area contributed by atoms with Crippen molar-refractivity contribution < 1.29 is 14.4 Å². The van der Waals surface area contributed by atoms with Crippen LogP contribution in [0, 0.1) is 23.7 Å². The van der Waals surface area contributed by atoms with Gasteiger partial charge in [-0.05, 0) is 54.7 Å². The van der Waals surface area contributed by atoms with Gasteiger partial charge in [-0.15, -0.1) is 0 Å². The van der Waals surface area contributed by atoms with Crippen LogP contribution in [0.1, 0.15) is 90.2 Å². The van der Waals surface area contributed by atoms with Gasteiger partial charge >= 0.3 is 0 Å². The molecule has 1 unspecified atom stereocenters. The van der Waals surface area contributed by atoms with Crippen LogP contribution in [-0.4, -0.2) is 24.3 Å². The Labute approximate surface area is 233 Å². The van der Waals surface area contributed by atoms with Crippen LogP contribution in [0.15, 0.2) is 48.5 Å². The molecule has 1 fully saturated rings. The van der Waals surface area contributed by atoms with Gasteiger partial charge in [-0.3, -0.25) is 14.4 Å². The molecule has 1 heterocycles. The number of fused-ring (bicyclic) bond motifs is 3. The summed E-state index contributed by atoms with van der Waals surface area (Å²) in [5, 5.41) is 3.15. The number of hydrogen-bond acceptors (Lipinski definition) is 3. The first-order chi connectivity index (χ1) is 18.8. The number of primary amides is 1. The summed E-state index contributed by atoms with van der Waals surface area (Å²) < 4.78 is 0. The largest absolute Gasteiger partial charge is 0.369 e. The van der Waals surface area contributed by atoms with E-state index in [1.807, 2.05) is 61.2 Å². The predicted octanol–water partition coefficient (Wildman–Crippen LogP) is 6.39. The van der Waals surface area contributed by atoms with Crippen LogP contribution < -0.4 is 16.0 Å². The van der Waals surface area contributed by atoms with Crippen molar-refractivity contribution in [3.63, 3.8) is 0 Å². The number of anilines is 1. The normalized spacial score (nSPS) is 19.1. The molecular weight excluding hydrogens is 486 g/mol. The lowest BCUT2D eigenvalue weighted by Crippen LogP contribution is -2.48. The van der Waals surface area contributed by atoms with Gasteiger partial charge in [0.2, 0.25) is 11.8 Å². The average molecular weight is 532 g/mol. The Morgan fingerprint density at radius 3 is 2.31 bits per heavy atom. The molecule has 1 saturated carbocycles. The Morgan fingerprint density at radius 1 is 0.974 bits per heavy atom. The fraction of sp³-hybridized carbons (Fsp3) is 0.545. The van der Waals surface area contributed by atoms with E-state index in [1.165, 1.54) is 19.3 Å². The number of amides is 3. The molecule has 0 spiro atoms. The van der Waals surface area contributed by atoms with E-state index in [9.17, 15) is 14.4 Å². The van der Waals surface area contributed by atoms with E-state index in [1.54, 1.807) is 0 Å². The minimum atomic E-state index is -0.834. The maximum absolute atomic E-state index is 14.4. The van der Waals surface area contributed by atoms with Crippen molar-refractivity contribution >= 4 is 23.4 Å². The van der Waals surface area contributed by atoms with Crippen LogP contribution in [-0.2, 0) is 14.4 Å². The average Bonchev–Trinajstić information content (AvgIpc) is 3.02. The van der Waals surface area contributed by atoms with Gasteiger partial charge in [-0.25, -0.2) is 0 Å². The molecule has 210 valence electrons. The van der Waals surface area contributed by atoms with Crippen LogP contribution in [0.3, 0.4) is 0 Å². The second kappa shape index (κ2) is 13.3. The lowest BCUT2D eigenvalue weighted by Gasteiger charge is -2.33. The molecule has 2 aromatic carbocycles. The number of carbonyl (C=O) groups is 3. The van der Waals surface area contributed by atoms with Crippen LogP contribution in [0.2, 0.25) is 0 Å². The van der Waals surface area contributed by atoms with E-state index in [0.29, 0.717) is 25.3 Å². The zero-order valence-corrected chi connectivity index (χ0v) is 23.8. The number of nitrogens with two attached hydrogens (primary N) is 1. The standard InChI is InChI=1S/C33H45N3O3/c1-4-5-15-27(31(34)37)28(20-22(2)3)32(38)35-30-26-18-10-9-16-24(26)25-17-11-12-19-29(25)36(33(30)39)21-23-13-7-6-8-14-23/h9-12,16-19,22-23,27-28,30H,4-8,13-15,20-21H2,1-3H3,(H2,34,37)(H,35,38)/t27-,28+,30?/m0/s1. The van der Waals surface area contributed by atoms with Crippen molar-refractivity contribution in [1.29, 1.82) is 0 Å². The molecule has 3 N–H and O–H groups in total. The lowest BCUT2D eigenvalue weighted by molar-refractivity contribution is -0.136. The van der Waals surface area contributed by atoms with Gasteiger partial charge in [-0.1, -0.05) is 95.3 Å². The van der Waals surface area contributed by atoms with Gasteiger partial charge in [-0.2, -0.15) is 0 Å². The van der Waals surface area contributed by atoms with Gasteiger partial charge in [0.15, 0.2) is 0 Å². The molecule has 6 nitrogen and oxygen atoms in total. The van der Waals surface area contributed by atoms with E-state index in [-0.39, 0.29) is 17.7 Å². The summed E-state index contributed by atoms with van der Waals surface area (Å²) in [5.41, 5.74) is 9.49. The fourth-order valence-corrected chi connectivity index (χ4v) is 6.47. The summed E-state index contributed by atoms with van der Waals surface area (Å²) in [5.74, 6) is -1.31. The highest BCUT2D eigenvalue weighted by Gasteiger charge is 2.39. The SMILES string of the molecule is CCCC[C@H](C(N)=O)[C@@H](CC(C)C)C(=O)NC1C(=O)N(CC2CCCCC2)c2ccccc2-c2ccccc21. The molecular formula is C33H45N3O3. The molecule has 0 bridgehead atoms. The van der Waals surface area contributed by atoms with Crippen LogP contribution in [0.5, 0.6) is 0 Å². The Balaban J connectivity index is 1.73. The third-order valence-corrected chi connectivity index (χ3v) is 8.50. The monoisotopic (exact) mass is 531 g/mol. The predicted molar refractivity (Wildman–Crippen MR) is 157 cm³/mol. The Hall–Kier alpha value is -3.15. The highest BCUT2D eigenvalue weighted by atomic mass is 16.2. The number of carbonyl (C=O) groups excluding carboxylic acids is 3. The van der Waals surface area contributed by atoms with Crippen molar-refractivity contribution in [1.82, 2.24) is 5.32 Å². The number of nitrogens with one attached hydrogen (secondary N) is 1. The zero-order chi connectivity index (χ0) is 27.9. The van der Waals surface area contributed by atoms with E-state index < -0.39 is 23.8 Å². The van der Waals surface area contributed by atoms with Gasteiger partial charge < -0.3 is 16.0 Å². The first kappa shape index (κ1) is 28.8. The zero-order valence-electron chi connectivity index (χ0n) is 23.8. The first-order valence-corrected chi connectivity index (χ1v) is 14.9. The smallest absolute Gasteiger partial charge is 0.254 e. The highest BCUT2D eigenvalue weighted by molar-refractivity contribution is 6.06. The minimum absolute atomic E-state index is 0.112. The molecule has 39 heavy (non-hydrogen) atoms. The van der Waals surface area contributed by atoms with E-state index in [0.717, 1.165) is 48.1 Å². The van der Waals surface area contributed by atoms with Gasteiger partial charge in [0.1, 0.15) is 6.04 Å². The number of para-hydroxylation sites is 1. The summed E-state index contributed by atoms with van der Waals surface area (Å²) >= 11 is 0. The van der Waals surface area contributed by atoms with E-state index in [2.05, 4.69) is 18.3 Å². The van der Waals surface area contributed by atoms with Crippen molar-refractivity contribution in [3.8, 4) is 11.1 Å². The van der Waals surface area contributed by atoms with Crippen LogP contribution in [0.4, 0.5) is 5.69 Å². The van der Waals surface area contributed by atoms with Crippen molar-refractivity contribution in [2.24, 2.45) is 29.4 Å². The maximum Gasteiger partial charge on any atom is 0.254 e. The molecule has 3 amide bonds. The number of nitrogens with zero attached hydrogens (tertiary/aromatic N) is 1. The van der Waals surface area contributed by atoms with Gasteiger partial charge in [0.05, 0.1) is 5.69 Å². The third-order valence-electron chi connectivity index (χ3n) is 8.50. The summed E-state index contributed by atoms with van der Waals surface area (Å²) in [7, 11) is 0.